The fourth-order valence-corrected chi connectivity index (χ4v) is 2.72. The van der Waals surface area contributed by atoms with Gasteiger partial charge < -0.3 is 14.5 Å². The van der Waals surface area contributed by atoms with Crippen LogP contribution < -0.4 is 10.9 Å². The summed E-state index contributed by atoms with van der Waals surface area (Å²) in [5, 5.41) is 5.38. The monoisotopic (exact) mass is 418 g/mol. The molecule has 0 unspecified atom stereocenters. The van der Waals surface area contributed by atoms with Crippen molar-refractivity contribution < 1.29 is 18.7 Å². The molecule has 0 aliphatic heterocycles. The highest BCUT2D eigenvalue weighted by Crippen LogP contribution is 2.22. The molecule has 0 aliphatic carbocycles. The minimum Gasteiger partial charge on any atom is -0.462 e. The van der Waals surface area contributed by atoms with Crippen molar-refractivity contribution in [2.24, 2.45) is 5.18 Å². The molecular formula is C23H18N2O6. The lowest BCUT2D eigenvalue weighted by Gasteiger charge is -2.09. The fraction of sp³-hybridized carbons (Fsp3) is 0.0870. The summed E-state index contributed by atoms with van der Waals surface area (Å²) in [5.41, 5.74) is -0.121. The van der Waals surface area contributed by atoms with Crippen molar-refractivity contribution in [2.45, 2.75) is 6.92 Å². The molecule has 1 amide bonds. The Morgan fingerprint density at radius 2 is 1.77 bits per heavy atom. The van der Waals surface area contributed by atoms with E-state index in [0.717, 1.165) is 0 Å². The molecule has 0 spiro atoms. The molecule has 0 saturated heterocycles. The Kier molecular flexibility index (Phi) is 6.85. The first-order valence-electron chi connectivity index (χ1n) is 9.35. The topological polar surface area (TPSA) is 115 Å². The summed E-state index contributed by atoms with van der Waals surface area (Å²) in [6, 6.07) is 16.0. The Morgan fingerprint density at radius 1 is 1.06 bits per heavy atom. The van der Waals surface area contributed by atoms with E-state index < -0.39 is 17.5 Å². The van der Waals surface area contributed by atoms with E-state index >= 15 is 0 Å². The van der Waals surface area contributed by atoms with Crippen LogP contribution in [0.3, 0.4) is 0 Å². The molecule has 8 nitrogen and oxygen atoms in total. The van der Waals surface area contributed by atoms with E-state index in [1.165, 1.54) is 24.3 Å². The summed E-state index contributed by atoms with van der Waals surface area (Å²) < 4.78 is 10.3. The van der Waals surface area contributed by atoms with Crippen molar-refractivity contribution >= 4 is 35.4 Å². The van der Waals surface area contributed by atoms with E-state index in [0.29, 0.717) is 11.1 Å². The molecule has 2 aromatic carbocycles. The molecule has 31 heavy (non-hydrogen) atoms. The number of nitroso groups, excluding NO2 is 1. The zero-order chi connectivity index (χ0) is 22.2. The summed E-state index contributed by atoms with van der Waals surface area (Å²) in [7, 11) is 0. The first kappa shape index (κ1) is 21.4. The third kappa shape index (κ3) is 5.18. The number of nitrogens with zero attached hydrogens (tertiary/aromatic N) is 1. The Hall–Kier alpha value is -4.33. The molecule has 0 radical (unpaired) electrons. The van der Waals surface area contributed by atoms with E-state index in [4.69, 9.17) is 9.15 Å². The lowest BCUT2D eigenvalue weighted by atomic mass is 10.1. The van der Waals surface area contributed by atoms with Gasteiger partial charge in [0.25, 0.3) is 5.91 Å². The molecule has 1 N–H and O–H groups in total. The third-order valence-corrected chi connectivity index (χ3v) is 4.21. The second-order valence-electron chi connectivity index (χ2n) is 6.25. The van der Waals surface area contributed by atoms with Gasteiger partial charge in [0, 0.05) is 11.1 Å². The summed E-state index contributed by atoms with van der Waals surface area (Å²) in [6.45, 7) is 1.74. The molecular weight excluding hydrogens is 400 g/mol. The van der Waals surface area contributed by atoms with Gasteiger partial charge in [0.2, 0.25) is 0 Å². The number of carbonyl (C=O) groups is 2. The first-order valence-corrected chi connectivity index (χ1v) is 9.35. The SMILES string of the molecule is CCOC(=O)c1cc(NC(=O)c2ccccc2)c(=O)oc1/C=C/c1ccccc1N=O. The van der Waals surface area contributed by atoms with E-state index in [1.54, 1.807) is 55.5 Å². The van der Waals surface area contributed by atoms with Crippen LogP contribution >= 0.6 is 0 Å². The standard InChI is InChI=1S/C23H18N2O6/c1-2-30-22(27)17-14-19(24-21(26)16-9-4-3-5-10-16)23(28)31-20(17)13-12-15-8-6-7-11-18(15)25-29/h3-14H,2H2,1H3,(H,24,26)/b13-12+. The van der Waals surface area contributed by atoms with Crippen LogP contribution in [-0.2, 0) is 4.74 Å². The van der Waals surface area contributed by atoms with Crippen molar-refractivity contribution in [2.75, 3.05) is 11.9 Å². The van der Waals surface area contributed by atoms with Crippen molar-refractivity contribution in [1.82, 2.24) is 0 Å². The molecule has 3 aromatic rings. The van der Waals surface area contributed by atoms with Gasteiger partial charge >= 0.3 is 11.6 Å². The van der Waals surface area contributed by atoms with Gasteiger partial charge in [-0.1, -0.05) is 36.4 Å². The fourth-order valence-electron chi connectivity index (χ4n) is 2.72. The molecule has 0 aliphatic rings. The number of hydrogen-bond donors (Lipinski definition) is 1. The Labute approximate surface area is 177 Å². The highest BCUT2D eigenvalue weighted by atomic mass is 16.5. The number of hydrogen-bond acceptors (Lipinski definition) is 7. The van der Waals surface area contributed by atoms with Gasteiger partial charge in [0.05, 0.1) is 6.61 Å². The average molecular weight is 418 g/mol. The summed E-state index contributed by atoms with van der Waals surface area (Å²) in [4.78, 5) is 48.2. The van der Waals surface area contributed by atoms with Crippen LogP contribution in [0, 0.1) is 4.91 Å². The molecule has 8 heteroatoms. The number of anilines is 1. The van der Waals surface area contributed by atoms with Gasteiger partial charge in [-0.05, 0) is 48.5 Å². The van der Waals surface area contributed by atoms with Gasteiger partial charge in [0.15, 0.2) is 0 Å². The number of amides is 1. The Balaban J connectivity index is 1.99. The number of nitrogens with one attached hydrogen (secondary N) is 1. The van der Waals surface area contributed by atoms with Gasteiger partial charge in [0.1, 0.15) is 22.7 Å². The number of rotatable bonds is 7. The molecule has 156 valence electrons. The van der Waals surface area contributed by atoms with E-state index in [-0.39, 0.29) is 29.3 Å². The smallest absolute Gasteiger partial charge is 0.360 e. The first-order chi connectivity index (χ1) is 15.0. The van der Waals surface area contributed by atoms with Crippen molar-refractivity contribution in [3.8, 4) is 0 Å². The summed E-state index contributed by atoms with van der Waals surface area (Å²) in [5.74, 6) is -1.35. The molecule has 3 rings (SSSR count). The van der Waals surface area contributed by atoms with E-state index in [2.05, 4.69) is 10.5 Å². The molecule has 0 saturated carbocycles. The predicted octanol–water partition coefficient (Wildman–Crippen LogP) is 4.64. The third-order valence-electron chi connectivity index (χ3n) is 4.21. The molecule has 1 heterocycles. The van der Waals surface area contributed by atoms with Crippen LogP contribution in [0.4, 0.5) is 11.4 Å². The van der Waals surface area contributed by atoms with Gasteiger partial charge in [-0.15, -0.1) is 4.91 Å². The lowest BCUT2D eigenvalue weighted by molar-refractivity contribution is 0.0522. The average Bonchev–Trinajstić information content (AvgIpc) is 2.79. The Morgan fingerprint density at radius 3 is 2.48 bits per heavy atom. The van der Waals surface area contributed by atoms with E-state index in [1.807, 2.05) is 0 Å². The van der Waals surface area contributed by atoms with E-state index in [9.17, 15) is 19.3 Å². The summed E-state index contributed by atoms with van der Waals surface area (Å²) >= 11 is 0. The second-order valence-corrected chi connectivity index (χ2v) is 6.25. The Bertz CT molecular complexity index is 1200. The highest BCUT2D eigenvalue weighted by Gasteiger charge is 2.19. The molecule has 0 atom stereocenters. The quantitative estimate of drug-likeness (QED) is 0.442. The number of benzene rings is 2. The van der Waals surface area contributed by atoms with Crippen LogP contribution in [0.25, 0.3) is 12.2 Å². The van der Waals surface area contributed by atoms with Crippen LogP contribution in [0.15, 0.2) is 75.1 Å². The molecule has 0 bridgehead atoms. The van der Waals surface area contributed by atoms with Crippen molar-refractivity contribution in [1.29, 1.82) is 0 Å². The van der Waals surface area contributed by atoms with Gasteiger partial charge in [-0.3, -0.25) is 4.79 Å². The summed E-state index contributed by atoms with van der Waals surface area (Å²) in [6.07, 6.45) is 2.85. The van der Waals surface area contributed by atoms with Crippen molar-refractivity contribution in [3.63, 3.8) is 0 Å². The number of esters is 1. The lowest BCUT2D eigenvalue weighted by Crippen LogP contribution is -2.20. The minimum atomic E-state index is -0.848. The largest absolute Gasteiger partial charge is 0.462 e. The maximum absolute atomic E-state index is 12.4. The van der Waals surface area contributed by atoms with Crippen molar-refractivity contribution in [3.05, 3.63) is 98.4 Å². The molecule has 1 aromatic heterocycles. The minimum absolute atomic E-state index is 0.0578. The number of ether oxygens (including phenoxy) is 1. The number of carbonyl (C=O) groups excluding carboxylic acids is 2. The second kappa shape index (κ2) is 9.93. The molecule has 0 fully saturated rings. The van der Waals surface area contributed by atoms with Crippen LogP contribution in [0.5, 0.6) is 0 Å². The maximum Gasteiger partial charge on any atom is 0.360 e. The van der Waals surface area contributed by atoms with Gasteiger partial charge in [-0.2, -0.15) is 0 Å². The predicted molar refractivity (Wildman–Crippen MR) is 116 cm³/mol. The van der Waals surface area contributed by atoms with Crippen LogP contribution in [-0.4, -0.2) is 18.5 Å². The zero-order valence-corrected chi connectivity index (χ0v) is 16.5. The van der Waals surface area contributed by atoms with Gasteiger partial charge in [-0.25, -0.2) is 9.59 Å². The highest BCUT2D eigenvalue weighted by molar-refractivity contribution is 6.05. The van der Waals surface area contributed by atoms with Crippen LogP contribution in [0.1, 0.15) is 39.0 Å². The normalized spacial score (nSPS) is 10.6. The zero-order valence-electron chi connectivity index (χ0n) is 16.5. The van der Waals surface area contributed by atoms with Crippen LogP contribution in [0.2, 0.25) is 0 Å². The maximum atomic E-state index is 12.4.